The molecule has 0 aliphatic carbocycles. The maximum absolute atomic E-state index is 12.8. The molecular formula is C19H23ClN2O4S. The number of benzene rings is 2. The molecule has 2 aromatic rings. The van der Waals surface area contributed by atoms with Gasteiger partial charge in [0.2, 0.25) is 15.9 Å². The van der Waals surface area contributed by atoms with Crippen LogP contribution >= 0.6 is 11.6 Å². The Labute approximate surface area is 165 Å². The van der Waals surface area contributed by atoms with Gasteiger partial charge >= 0.3 is 0 Å². The number of ether oxygens (including phenoxy) is 1. The van der Waals surface area contributed by atoms with Crippen LogP contribution in [0.25, 0.3) is 0 Å². The lowest BCUT2D eigenvalue weighted by atomic mass is 10.1. The fourth-order valence-corrected chi connectivity index (χ4v) is 4.14. The Balaban J connectivity index is 2.43. The molecule has 0 fully saturated rings. The largest absolute Gasteiger partial charge is 0.495 e. The van der Waals surface area contributed by atoms with Crippen molar-refractivity contribution in [1.29, 1.82) is 0 Å². The number of methoxy groups -OCH3 is 1. The summed E-state index contributed by atoms with van der Waals surface area (Å²) in [5.41, 5.74) is 1.83. The molecule has 2 aromatic carbocycles. The molecule has 146 valence electrons. The predicted molar refractivity (Wildman–Crippen MR) is 109 cm³/mol. The van der Waals surface area contributed by atoms with Gasteiger partial charge in [0.05, 0.1) is 19.1 Å². The van der Waals surface area contributed by atoms with Crippen LogP contribution in [0.4, 0.5) is 11.4 Å². The number of carbonyl (C=O) groups is 1. The van der Waals surface area contributed by atoms with Crippen molar-refractivity contribution in [2.24, 2.45) is 0 Å². The number of anilines is 2. The monoisotopic (exact) mass is 410 g/mol. The highest BCUT2D eigenvalue weighted by Crippen LogP contribution is 2.34. The Morgan fingerprint density at radius 2 is 1.93 bits per heavy atom. The van der Waals surface area contributed by atoms with Crippen molar-refractivity contribution in [1.82, 2.24) is 0 Å². The molecule has 1 N–H and O–H groups in total. The Morgan fingerprint density at radius 3 is 2.52 bits per heavy atom. The fraction of sp³-hybridized carbons (Fsp3) is 0.316. The standard InChI is InChI=1S/C19H23ClN2O4S/c1-5-14-8-6-7-9-16(14)21-19(23)13(2)22(27(4,24)25)17-12-15(20)10-11-18(17)26-3/h6-13H,5H2,1-4H3,(H,21,23)/t13-/m0/s1. The number of para-hydroxylation sites is 1. The van der Waals surface area contributed by atoms with E-state index in [9.17, 15) is 13.2 Å². The molecule has 0 aliphatic rings. The van der Waals surface area contributed by atoms with Gasteiger partial charge in [-0.3, -0.25) is 9.10 Å². The summed E-state index contributed by atoms with van der Waals surface area (Å²) in [6.45, 7) is 3.50. The number of halogens is 1. The van der Waals surface area contributed by atoms with E-state index in [1.165, 1.54) is 20.1 Å². The molecule has 0 spiro atoms. The van der Waals surface area contributed by atoms with Crippen LogP contribution in [0, 0.1) is 0 Å². The number of nitrogens with zero attached hydrogens (tertiary/aromatic N) is 1. The maximum Gasteiger partial charge on any atom is 0.248 e. The highest BCUT2D eigenvalue weighted by atomic mass is 35.5. The van der Waals surface area contributed by atoms with E-state index in [-0.39, 0.29) is 5.69 Å². The second kappa shape index (κ2) is 8.63. The summed E-state index contributed by atoms with van der Waals surface area (Å²) in [7, 11) is -2.36. The fourth-order valence-electron chi connectivity index (χ4n) is 2.80. The summed E-state index contributed by atoms with van der Waals surface area (Å²) in [6, 6.07) is 11.0. The minimum Gasteiger partial charge on any atom is -0.495 e. The van der Waals surface area contributed by atoms with Crippen molar-refractivity contribution < 1.29 is 17.9 Å². The second-order valence-corrected chi connectivity index (χ2v) is 8.35. The van der Waals surface area contributed by atoms with Gasteiger partial charge in [0.15, 0.2) is 0 Å². The van der Waals surface area contributed by atoms with E-state index in [1.807, 2.05) is 25.1 Å². The van der Waals surface area contributed by atoms with Gasteiger partial charge in [0.25, 0.3) is 0 Å². The van der Waals surface area contributed by atoms with Gasteiger partial charge in [-0.2, -0.15) is 0 Å². The van der Waals surface area contributed by atoms with E-state index in [0.29, 0.717) is 16.5 Å². The molecule has 6 nitrogen and oxygen atoms in total. The lowest BCUT2D eigenvalue weighted by Crippen LogP contribution is -2.45. The van der Waals surface area contributed by atoms with Crippen molar-refractivity contribution >= 4 is 38.9 Å². The normalized spacial score (nSPS) is 12.3. The molecule has 0 aromatic heterocycles. The summed E-state index contributed by atoms with van der Waals surface area (Å²) in [5, 5.41) is 3.15. The minimum atomic E-state index is -3.79. The molecule has 0 bridgehead atoms. The number of rotatable bonds is 7. The van der Waals surface area contributed by atoms with Crippen LogP contribution in [0.15, 0.2) is 42.5 Å². The van der Waals surface area contributed by atoms with Gasteiger partial charge in [0.1, 0.15) is 11.8 Å². The highest BCUT2D eigenvalue weighted by molar-refractivity contribution is 7.92. The zero-order valence-corrected chi connectivity index (χ0v) is 17.3. The summed E-state index contributed by atoms with van der Waals surface area (Å²) >= 11 is 6.04. The van der Waals surface area contributed by atoms with Gasteiger partial charge in [-0.25, -0.2) is 8.42 Å². The van der Waals surface area contributed by atoms with Crippen LogP contribution in [0.2, 0.25) is 5.02 Å². The third-order valence-corrected chi connectivity index (χ3v) is 5.59. The summed E-state index contributed by atoms with van der Waals surface area (Å²) in [6.07, 6.45) is 1.78. The van der Waals surface area contributed by atoms with Gasteiger partial charge in [-0.15, -0.1) is 0 Å². The highest BCUT2D eigenvalue weighted by Gasteiger charge is 2.31. The molecule has 27 heavy (non-hydrogen) atoms. The first-order valence-electron chi connectivity index (χ1n) is 8.40. The van der Waals surface area contributed by atoms with E-state index >= 15 is 0 Å². The van der Waals surface area contributed by atoms with Crippen molar-refractivity contribution in [2.45, 2.75) is 26.3 Å². The van der Waals surface area contributed by atoms with Crippen molar-refractivity contribution in [2.75, 3.05) is 23.0 Å². The summed E-state index contributed by atoms with van der Waals surface area (Å²) < 4.78 is 31.2. The van der Waals surface area contributed by atoms with Crippen molar-refractivity contribution in [3.05, 3.63) is 53.1 Å². The second-order valence-electron chi connectivity index (χ2n) is 6.05. The number of hydrogen-bond acceptors (Lipinski definition) is 4. The molecule has 2 rings (SSSR count). The maximum atomic E-state index is 12.8. The van der Waals surface area contributed by atoms with Crippen LogP contribution in [-0.4, -0.2) is 33.7 Å². The summed E-state index contributed by atoms with van der Waals surface area (Å²) in [5.74, 6) is -0.151. The third kappa shape index (κ3) is 4.93. The quantitative estimate of drug-likeness (QED) is 0.755. The van der Waals surface area contributed by atoms with Crippen LogP contribution in [0.3, 0.4) is 0 Å². The lowest BCUT2D eigenvalue weighted by molar-refractivity contribution is -0.116. The first-order chi connectivity index (χ1) is 12.7. The molecule has 1 amide bonds. The first-order valence-corrected chi connectivity index (χ1v) is 10.6. The Kier molecular flexibility index (Phi) is 6.73. The average Bonchev–Trinajstić information content (AvgIpc) is 2.61. The topological polar surface area (TPSA) is 75.7 Å². The SMILES string of the molecule is CCc1ccccc1NC(=O)[C@H](C)N(c1cc(Cl)ccc1OC)S(C)(=O)=O. The van der Waals surface area contributed by atoms with E-state index in [1.54, 1.807) is 18.2 Å². The van der Waals surface area contributed by atoms with Gasteiger partial charge < -0.3 is 10.1 Å². The van der Waals surface area contributed by atoms with E-state index in [0.717, 1.165) is 22.5 Å². The summed E-state index contributed by atoms with van der Waals surface area (Å²) in [4.78, 5) is 12.8. The Hall–Kier alpha value is -2.25. The van der Waals surface area contributed by atoms with E-state index < -0.39 is 22.0 Å². The minimum absolute atomic E-state index is 0.207. The average molecular weight is 411 g/mol. The lowest BCUT2D eigenvalue weighted by Gasteiger charge is -2.29. The van der Waals surface area contributed by atoms with Crippen LogP contribution < -0.4 is 14.4 Å². The molecule has 8 heteroatoms. The van der Waals surface area contributed by atoms with Crippen LogP contribution in [0.1, 0.15) is 19.4 Å². The zero-order valence-electron chi connectivity index (χ0n) is 15.7. The third-order valence-electron chi connectivity index (χ3n) is 4.12. The van der Waals surface area contributed by atoms with Gasteiger partial charge in [-0.1, -0.05) is 36.7 Å². The number of amides is 1. The molecule has 0 saturated carbocycles. The smallest absolute Gasteiger partial charge is 0.248 e. The first kappa shape index (κ1) is 21.1. The Morgan fingerprint density at radius 1 is 1.26 bits per heavy atom. The molecule has 0 unspecified atom stereocenters. The number of aryl methyl sites for hydroxylation is 1. The van der Waals surface area contributed by atoms with E-state index in [4.69, 9.17) is 16.3 Å². The molecule has 0 radical (unpaired) electrons. The van der Waals surface area contributed by atoms with E-state index in [2.05, 4.69) is 5.32 Å². The molecular weight excluding hydrogens is 388 g/mol. The molecule has 0 aliphatic heterocycles. The predicted octanol–water partition coefficient (Wildman–Crippen LogP) is 3.70. The van der Waals surface area contributed by atoms with Gasteiger partial charge in [-0.05, 0) is 43.2 Å². The number of carbonyl (C=O) groups excluding carboxylic acids is 1. The Bertz CT molecular complexity index is 931. The van der Waals surface area contributed by atoms with Gasteiger partial charge in [0, 0.05) is 10.7 Å². The van der Waals surface area contributed by atoms with Crippen LogP contribution in [-0.2, 0) is 21.2 Å². The number of nitrogens with one attached hydrogen (secondary N) is 1. The molecule has 1 atom stereocenters. The van der Waals surface area contributed by atoms with Crippen LogP contribution in [0.5, 0.6) is 5.75 Å². The van der Waals surface area contributed by atoms with Crippen molar-refractivity contribution in [3.8, 4) is 5.75 Å². The zero-order chi connectivity index (χ0) is 20.2. The molecule has 0 saturated heterocycles. The number of hydrogen-bond donors (Lipinski definition) is 1. The number of sulfonamides is 1. The molecule has 0 heterocycles. The van der Waals surface area contributed by atoms with Crippen molar-refractivity contribution in [3.63, 3.8) is 0 Å².